The van der Waals surface area contributed by atoms with Crippen LogP contribution < -0.4 is 0 Å². The summed E-state index contributed by atoms with van der Waals surface area (Å²) in [5.74, 6) is 1.10. The Labute approximate surface area is 101 Å². The first-order valence-electron chi connectivity index (χ1n) is 6.01. The maximum Gasteiger partial charge on any atom is 0.228 e. The molecule has 2 nitrogen and oxygen atoms in total. The highest BCUT2D eigenvalue weighted by atomic mass is 79.9. The molecule has 0 spiro atoms. The summed E-state index contributed by atoms with van der Waals surface area (Å²) in [4.78, 5) is 14.4. The van der Waals surface area contributed by atoms with Gasteiger partial charge in [0.1, 0.15) is 0 Å². The summed E-state index contributed by atoms with van der Waals surface area (Å²) in [6.45, 7) is 4.11. The molecule has 3 heteroatoms. The molecule has 0 aromatic carbocycles. The minimum Gasteiger partial charge on any atom is -0.342 e. The molecule has 0 bridgehead atoms. The minimum atomic E-state index is -0.0266. The van der Waals surface area contributed by atoms with Crippen LogP contribution in [0.1, 0.15) is 39.0 Å². The maximum atomic E-state index is 12.3. The van der Waals surface area contributed by atoms with Crippen molar-refractivity contribution in [3.8, 4) is 0 Å². The molecule has 0 radical (unpaired) electrons. The molecule has 0 aromatic heterocycles. The molecule has 2 fully saturated rings. The van der Waals surface area contributed by atoms with Crippen molar-refractivity contribution in [2.75, 3.05) is 18.4 Å². The second-order valence-corrected chi connectivity index (χ2v) is 5.98. The molecule has 15 heavy (non-hydrogen) atoms. The highest BCUT2D eigenvalue weighted by Crippen LogP contribution is 2.40. The fourth-order valence-corrected chi connectivity index (χ4v) is 3.42. The van der Waals surface area contributed by atoms with E-state index in [0.717, 1.165) is 31.3 Å². The minimum absolute atomic E-state index is 0.0266. The van der Waals surface area contributed by atoms with Crippen molar-refractivity contribution in [3.05, 3.63) is 0 Å². The van der Waals surface area contributed by atoms with Crippen LogP contribution in [0.5, 0.6) is 0 Å². The molecular weight excluding hydrogens is 254 g/mol. The molecule has 1 saturated carbocycles. The molecule has 86 valence electrons. The normalized spacial score (nSPS) is 29.7. The lowest BCUT2D eigenvalue weighted by Crippen LogP contribution is -2.39. The Morgan fingerprint density at radius 1 is 1.47 bits per heavy atom. The van der Waals surface area contributed by atoms with Crippen molar-refractivity contribution in [2.24, 2.45) is 11.3 Å². The summed E-state index contributed by atoms with van der Waals surface area (Å²) < 4.78 is 0. The number of rotatable bonds is 2. The van der Waals surface area contributed by atoms with Crippen LogP contribution in [-0.4, -0.2) is 29.2 Å². The Morgan fingerprint density at radius 2 is 2.13 bits per heavy atom. The van der Waals surface area contributed by atoms with Crippen LogP contribution in [0.4, 0.5) is 0 Å². The largest absolute Gasteiger partial charge is 0.342 e. The van der Waals surface area contributed by atoms with Gasteiger partial charge in [-0.1, -0.05) is 35.7 Å². The van der Waals surface area contributed by atoms with Crippen molar-refractivity contribution in [1.82, 2.24) is 4.90 Å². The van der Waals surface area contributed by atoms with Crippen molar-refractivity contribution < 1.29 is 4.79 Å². The topological polar surface area (TPSA) is 20.3 Å². The maximum absolute atomic E-state index is 12.3. The number of nitrogens with zero attached hydrogens (tertiary/aromatic N) is 1. The van der Waals surface area contributed by atoms with Gasteiger partial charge in [-0.05, 0) is 25.2 Å². The summed E-state index contributed by atoms with van der Waals surface area (Å²) in [6.07, 6.45) is 5.84. The Bertz CT molecular complexity index is 248. The van der Waals surface area contributed by atoms with Gasteiger partial charge in [0, 0.05) is 23.8 Å². The smallest absolute Gasteiger partial charge is 0.228 e. The van der Waals surface area contributed by atoms with Gasteiger partial charge < -0.3 is 4.90 Å². The zero-order chi connectivity index (χ0) is 10.9. The van der Waals surface area contributed by atoms with Gasteiger partial charge in [0.05, 0.1) is 0 Å². The van der Waals surface area contributed by atoms with Gasteiger partial charge in [-0.2, -0.15) is 0 Å². The third kappa shape index (κ3) is 2.22. The van der Waals surface area contributed by atoms with Crippen LogP contribution in [0.25, 0.3) is 0 Å². The number of carbonyl (C=O) groups is 1. The number of alkyl halides is 1. The number of amides is 1. The summed E-state index contributed by atoms with van der Waals surface area (Å²) in [7, 11) is 0. The zero-order valence-electron chi connectivity index (χ0n) is 9.47. The van der Waals surface area contributed by atoms with E-state index in [0.29, 0.717) is 11.8 Å². The first kappa shape index (κ1) is 11.4. The van der Waals surface area contributed by atoms with Crippen LogP contribution in [-0.2, 0) is 4.79 Å². The van der Waals surface area contributed by atoms with Crippen molar-refractivity contribution >= 4 is 21.8 Å². The number of halogens is 1. The third-order valence-electron chi connectivity index (χ3n) is 4.01. The van der Waals surface area contributed by atoms with E-state index in [-0.39, 0.29) is 5.41 Å². The molecule has 1 aliphatic carbocycles. The standard InChI is InChI=1S/C12H20BrNO/c1-12(5-2-3-6-12)11(15)14-7-4-10(8-13)9-14/h10H,2-9H2,1H3. The van der Waals surface area contributed by atoms with Crippen LogP contribution >= 0.6 is 15.9 Å². The molecule has 1 amide bonds. The second-order valence-electron chi connectivity index (χ2n) is 5.33. The van der Waals surface area contributed by atoms with Gasteiger partial charge in [-0.3, -0.25) is 4.79 Å². The number of hydrogen-bond donors (Lipinski definition) is 0. The van der Waals surface area contributed by atoms with Crippen molar-refractivity contribution in [3.63, 3.8) is 0 Å². The van der Waals surface area contributed by atoms with Crippen LogP contribution in [0, 0.1) is 11.3 Å². The van der Waals surface area contributed by atoms with E-state index in [2.05, 4.69) is 27.8 Å². The van der Waals surface area contributed by atoms with Crippen LogP contribution in [0.2, 0.25) is 0 Å². The first-order chi connectivity index (χ1) is 7.15. The van der Waals surface area contributed by atoms with Gasteiger partial charge in [-0.15, -0.1) is 0 Å². The summed E-state index contributed by atoms with van der Waals surface area (Å²) in [5, 5.41) is 1.04. The Balaban J connectivity index is 1.96. The lowest BCUT2D eigenvalue weighted by molar-refractivity contribution is -0.139. The van der Waals surface area contributed by atoms with Crippen LogP contribution in [0.3, 0.4) is 0 Å². The average Bonchev–Trinajstić information content (AvgIpc) is 2.85. The average molecular weight is 274 g/mol. The highest BCUT2D eigenvalue weighted by molar-refractivity contribution is 9.09. The molecular formula is C12H20BrNO. The summed E-state index contributed by atoms with van der Waals surface area (Å²) in [6, 6.07) is 0. The predicted molar refractivity (Wildman–Crippen MR) is 65.1 cm³/mol. The molecule has 0 aromatic rings. The Hall–Kier alpha value is -0.0500. The third-order valence-corrected chi connectivity index (χ3v) is 4.93. The number of hydrogen-bond acceptors (Lipinski definition) is 1. The molecule has 2 aliphatic rings. The monoisotopic (exact) mass is 273 g/mol. The SMILES string of the molecule is CC1(C(=O)N2CCC(CBr)C2)CCCC1. The molecule has 1 unspecified atom stereocenters. The van der Waals surface area contributed by atoms with Gasteiger partial charge in [-0.25, -0.2) is 0 Å². The van der Waals surface area contributed by atoms with E-state index in [9.17, 15) is 4.79 Å². The zero-order valence-corrected chi connectivity index (χ0v) is 11.1. The van der Waals surface area contributed by atoms with E-state index < -0.39 is 0 Å². The molecule has 1 aliphatic heterocycles. The van der Waals surface area contributed by atoms with Gasteiger partial charge in [0.15, 0.2) is 0 Å². The molecule has 0 N–H and O–H groups in total. The van der Waals surface area contributed by atoms with E-state index >= 15 is 0 Å². The Kier molecular flexibility index (Phi) is 3.39. The number of carbonyl (C=O) groups excluding carboxylic acids is 1. The second kappa shape index (κ2) is 4.44. The van der Waals surface area contributed by atoms with E-state index in [1.165, 1.54) is 19.3 Å². The van der Waals surface area contributed by atoms with Crippen molar-refractivity contribution in [1.29, 1.82) is 0 Å². The predicted octanol–water partition coefficient (Wildman–Crippen LogP) is 2.81. The molecule has 1 atom stereocenters. The first-order valence-corrected chi connectivity index (χ1v) is 7.13. The lowest BCUT2D eigenvalue weighted by atomic mass is 9.87. The van der Waals surface area contributed by atoms with Gasteiger partial charge in [0.2, 0.25) is 5.91 Å². The quantitative estimate of drug-likeness (QED) is 0.709. The summed E-state index contributed by atoms with van der Waals surface area (Å²) >= 11 is 3.51. The molecule has 1 saturated heterocycles. The Morgan fingerprint density at radius 3 is 2.67 bits per heavy atom. The van der Waals surface area contributed by atoms with E-state index in [4.69, 9.17) is 0 Å². The van der Waals surface area contributed by atoms with Crippen LogP contribution in [0.15, 0.2) is 0 Å². The van der Waals surface area contributed by atoms with Gasteiger partial charge >= 0.3 is 0 Å². The van der Waals surface area contributed by atoms with Gasteiger partial charge in [0.25, 0.3) is 0 Å². The molecule has 1 heterocycles. The highest BCUT2D eigenvalue weighted by Gasteiger charge is 2.40. The van der Waals surface area contributed by atoms with E-state index in [1.807, 2.05) is 0 Å². The lowest BCUT2D eigenvalue weighted by Gasteiger charge is -2.28. The summed E-state index contributed by atoms with van der Waals surface area (Å²) in [5.41, 5.74) is -0.0266. The molecule has 2 rings (SSSR count). The fourth-order valence-electron chi connectivity index (χ4n) is 2.89. The number of likely N-dealkylation sites (tertiary alicyclic amines) is 1. The fraction of sp³-hybridized carbons (Fsp3) is 0.917. The van der Waals surface area contributed by atoms with Crippen molar-refractivity contribution in [2.45, 2.75) is 39.0 Å². The van der Waals surface area contributed by atoms with E-state index in [1.54, 1.807) is 0 Å².